The molecule has 6 unspecified atom stereocenters. The predicted molar refractivity (Wildman–Crippen MR) is 111 cm³/mol. The molecule has 0 amide bonds. The Labute approximate surface area is 173 Å². The maximum Gasteiger partial charge on any atom is 0.141 e. The summed E-state index contributed by atoms with van der Waals surface area (Å²) in [6, 6.07) is 0. The van der Waals surface area contributed by atoms with Gasteiger partial charge in [-0.05, 0) is 74.2 Å². The highest BCUT2D eigenvalue weighted by Gasteiger charge is 2.64. The minimum absolute atomic E-state index is 0.0449. The Hall–Kier alpha value is -1.23. The molecular formula is C24H35FN2O2. The van der Waals surface area contributed by atoms with Crippen molar-refractivity contribution in [3.63, 3.8) is 0 Å². The van der Waals surface area contributed by atoms with E-state index in [4.69, 9.17) is 4.84 Å². The first-order valence-corrected chi connectivity index (χ1v) is 11.6. The molecule has 0 bridgehead atoms. The van der Waals surface area contributed by atoms with E-state index in [0.29, 0.717) is 18.8 Å². The summed E-state index contributed by atoms with van der Waals surface area (Å²) < 4.78 is 15.7. The average Bonchev–Trinajstić information content (AvgIpc) is 3.28. The van der Waals surface area contributed by atoms with Crippen LogP contribution in [-0.4, -0.2) is 36.9 Å². The SMILES string of the molecule is C=C1CC2C(C(F)C[C@]3(C)C(=O)CCC23)[C@@]2(C)CCC(=NOC3CCNC3)CC12. The molecule has 5 aliphatic rings. The molecule has 1 N–H and O–H groups in total. The van der Waals surface area contributed by atoms with Gasteiger partial charge in [-0.1, -0.05) is 31.2 Å². The second kappa shape index (κ2) is 6.90. The molecule has 160 valence electrons. The molecule has 4 saturated carbocycles. The molecule has 0 spiro atoms. The minimum Gasteiger partial charge on any atom is -0.391 e. The van der Waals surface area contributed by atoms with Crippen molar-refractivity contribution in [1.82, 2.24) is 5.32 Å². The third kappa shape index (κ3) is 2.94. The number of halogens is 1. The Morgan fingerprint density at radius 3 is 2.83 bits per heavy atom. The van der Waals surface area contributed by atoms with Crippen molar-refractivity contribution >= 4 is 11.5 Å². The summed E-state index contributed by atoms with van der Waals surface area (Å²) in [6.45, 7) is 10.7. The van der Waals surface area contributed by atoms with E-state index in [9.17, 15) is 4.79 Å². The van der Waals surface area contributed by atoms with E-state index in [1.165, 1.54) is 5.57 Å². The van der Waals surface area contributed by atoms with Crippen LogP contribution < -0.4 is 5.32 Å². The molecule has 29 heavy (non-hydrogen) atoms. The molecule has 4 nitrogen and oxygen atoms in total. The number of oxime groups is 1. The standard InChI is InChI=1S/C24H35FN2O2/c1-14-10-17-18-4-5-21(28)24(18,3)12-20(25)22(17)23(2)8-6-15(11-19(14)23)27-29-16-7-9-26-13-16/h16-20,22,26H,1,4-13H2,2-3H3/t16?,17?,18?,19?,20?,22?,23-,24-/m0/s1. The average molecular weight is 403 g/mol. The molecule has 1 aliphatic heterocycles. The van der Waals surface area contributed by atoms with Crippen molar-refractivity contribution in [2.75, 3.05) is 13.1 Å². The minimum atomic E-state index is -0.886. The second-order valence-corrected chi connectivity index (χ2v) is 10.9. The van der Waals surface area contributed by atoms with Gasteiger partial charge in [0.2, 0.25) is 0 Å². The van der Waals surface area contributed by atoms with Crippen LogP contribution in [0.15, 0.2) is 17.3 Å². The van der Waals surface area contributed by atoms with Crippen LogP contribution in [0.1, 0.15) is 65.2 Å². The lowest BCUT2D eigenvalue weighted by atomic mass is 9.44. The van der Waals surface area contributed by atoms with Crippen LogP contribution >= 0.6 is 0 Å². The van der Waals surface area contributed by atoms with E-state index < -0.39 is 11.6 Å². The zero-order valence-electron chi connectivity index (χ0n) is 17.9. The van der Waals surface area contributed by atoms with E-state index in [1.54, 1.807) is 0 Å². The molecule has 8 atom stereocenters. The Bertz CT molecular complexity index is 745. The molecule has 0 radical (unpaired) electrons. The largest absolute Gasteiger partial charge is 0.391 e. The fourth-order valence-corrected chi connectivity index (χ4v) is 7.83. The zero-order valence-corrected chi connectivity index (χ0v) is 17.9. The van der Waals surface area contributed by atoms with Gasteiger partial charge < -0.3 is 10.2 Å². The van der Waals surface area contributed by atoms with Crippen molar-refractivity contribution in [2.45, 2.75) is 77.5 Å². The topological polar surface area (TPSA) is 50.7 Å². The molecule has 1 saturated heterocycles. The van der Waals surface area contributed by atoms with Crippen molar-refractivity contribution in [1.29, 1.82) is 0 Å². The highest BCUT2D eigenvalue weighted by Crippen LogP contribution is 2.66. The lowest BCUT2D eigenvalue weighted by molar-refractivity contribution is -0.144. The van der Waals surface area contributed by atoms with Gasteiger partial charge >= 0.3 is 0 Å². The molecular weight excluding hydrogens is 367 g/mol. The number of rotatable bonds is 2. The van der Waals surface area contributed by atoms with Gasteiger partial charge in [0, 0.05) is 24.8 Å². The molecule has 4 aliphatic carbocycles. The number of nitrogens with one attached hydrogen (secondary N) is 1. The molecule has 5 rings (SSSR count). The third-order valence-corrected chi connectivity index (χ3v) is 9.41. The summed E-state index contributed by atoms with van der Waals surface area (Å²) in [5, 5.41) is 7.82. The van der Waals surface area contributed by atoms with Crippen LogP contribution in [-0.2, 0) is 9.63 Å². The lowest BCUT2D eigenvalue weighted by Gasteiger charge is -2.61. The third-order valence-electron chi connectivity index (χ3n) is 9.41. The molecule has 0 aromatic rings. The summed E-state index contributed by atoms with van der Waals surface area (Å²) in [5.74, 6) is 1.21. The maximum absolute atomic E-state index is 15.7. The monoisotopic (exact) mass is 402 g/mol. The molecule has 5 fully saturated rings. The van der Waals surface area contributed by atoms with Gasteiger partial charge in [-0.3, -0.25) is 4.79 Å². The number of ketones is 1. The Morgan fingerprint density at radius 2 is 2.07 bits per heavy atom. The quantitative estimate of drug-likeness (QED) is 0.548. The van der Waals surface area contributed by atoms with Crippen LogP contribution in [0.25, 0.3) is 0 Å². The smallest absolute Gasteiger partial charge is 0.141 e. The van der Waals surface area contributed by atoms with Crippen LogP contribution in [0.3, 0.4) is 0 Å². The second-order valence-electron chi connectivity index (χ2n) is 10.9. The van der Waals surface area contributed by atoms with Crippen molar-refractivity contribution in [3.05, 3.63) is 12.2 Å². The van der Waals surface area contributed by atoms with Crippen LogP contribution in [0.2, 0.25) is 0 Å². The van der Waals surface area contributed by atoms with Crippen molar-refractivity contribution in [2.24, 2.45) is 39.7 Å². The van der Waals surface area contributed by atoms with Gasteiger partial charge in [-0.25, -0.2) is 4.39 Å². The summed E-state index contributed by atoms with van der Waals surface area (Å²) in [7, 11) is 0. The van der Waals surface area contributed by atoms with E-state index in [0.717, 1.165) is 57.3 Å². The predicted octanol–water partition coefficient (Wildman–Crippen LogP) is 4.45. The Kier molecular flexibility index (Phi) is 4.69. The van der Waals surface area contributed by atoms with E-state index in [1.807, 2.05) is 6.92 Å². The first-order valence-electron chi connectivity index (χ1n) is 11.6. The molecule has 0 aromatic heterocycles. The Morgan fingerprint density at radius 1 is 1.24 bits per heavy atom. The number of fused-ring (bicyclic) bond motifs is 5. The maximum atomic E-state index is 15.7. The highest BCUT2D eigenvalue weighted by molar-refractivity contribution is 5.87. The molecule has 1 heterocycles. The number of hydrogen-bond acceptors (Lipinski definition) is 4. The van der Waals surface area contributed by atoms with Crippen molar-refractivity contribution < 1.29 is 14.0 Å². The van der Waals surface area contributed by atoms with Gasteiger partial charge in [-0.2, -0.15) is 0 Å². The van der Waals surface area contributed by atoms with Gasteiger partial charge in [-0.15, -0.1) is 0 Å². The number of nitrogens with zero attached hydrogens (tertiary/aromatic N) is 1. The van der Waals surface area contributed by atoms with E-state index in [2.05, 4.69) is 24.0 Å². The molecule has 0 aromatic carbocycles. The van der Waals surface area contributed by atoms with Gasteiger partial charge in [0.25, 0.3) is 0 Å². The Balaban J connectivity index is 1.38. The van der Waals surface area contributed by atoms with E-state index >= 15 is 4.39 Å². The number of allylic oxidation sites excluding steroid dienone is 1. The summed E-state index contributed by atoms with van der Waals surface area (Å²) in [4.78, 5) is 18.4. The first-order chi connectivity index (χ1) is 13.8. The van der Waals surface area contributed by atoms with Crippen LogP contribution in [0.4, 0.5) is 4.39 Å². The van der Waals surface area contributed by atoms with Crippen LogP contribution in [0, 0.1) is 34.5 Å². The normalized spacial score (nSPS) is 50.9. The summed E-state index contributed by atoms with van der Waals surface area (Å²) in [6.07, 6.45) is 5.86. The van der Waals surface area contributed by atoms with Gasteiger partial charge in [0.15, 0.2) is 0 Å². The van der Waals surface area contributed by atoms with Crippen molar-refractivity contribution in [3.8, 4) is 0 Å². The summed E-state index contributed by atoms with van der Waals surface area (Å²) >= 11 is 0. The lowest BCUT2D eigenvalue weighted by Crippen LogP contribution is -2.58. The van der Waals surface area contributed by atoms with Gasteiger partial charge in [0.1, 0.15) is 18.1 Å². The highest BCUT2D eigenvalue weighted by atomic mass is 19.1. The van der Waals surface area contributed by atoms with E-state index in [-0.39, 0.29) is 35.1 Å². The summed E-state index contributed by atoms with van der Waals surface area (Å²) in [5.41, 5.74) is 1.83. The number of carbonyl (C=O) groups is 1. The van der Waals surface area contributed by atoms with Gasteiger partial charge in [0.05, 0.1) is 5.71 Å². The molecule has 5 heteroatoms. The first kappa shape index (κ1) is 19.7. The number of Topliss-reactive ketones (excluding diaryl/α,β-unsaturated/α-hetero) is 1. The van der Waals surface area contributed by atoms with Crippen LogP contribution in [0.5, 0.6) is 0 Å². The fraction of sp³-hybridized carbons (Fsp3) is 0.833. The fourth-order valence-electron chi connectivity index (χ4n) is 7.83. The number of hydrogen-bond donors (Lipinski definition) is 1. The zero-order chi connectivity index (χ0) is 20.4. The number of alkyl halides is 1. The number of carbonyl (C=O) groups excluding carboxylic acids is 1.